The molecule has 2 N–H and O–H groups in total. The summed E-state index contributed by atoms with van der Waals surface area (Å²) in [5.41, 5.74) is 1.03. The molecule has 4 aromatic rings. The first kappa shape index (κ1) is 28.2. The maximum Gasteiger partial charge on any atom is 0.455 e. The van der Waals surface area contributed by atoms with E-state index in [1.54, 1.807) is 39.0 Å². The summed E-state index contributed by atoms with van der Waals surface area (Å²) in [6.07, 6.45) is -3.28. The number of nitrogens with one attached hydrogen (secondary N) is 2. The highest BCUT2D eigenvalue weighted by Gasteiger charge is 2.37. The molecule has 0 bridgehead atoms. The van der Waals surface area contributed by atoms with Gasteiger partial charge >= 0.3 is 6.18 Å². The molecule has 3 heterocycles. The number of benzene rings is 1. The number of halogens is 5. The van der Waals surface area contributed by atoms with Gasteiger partial charge in [-0.15, -0.1) is 10.2 Å². The Labute approximate surface area is 232 Å². The van der Waals surface area contributed by atoms with Gasteiger partial charge in [-0.1, -0.05) is 11.6 Å². The Morgan fingerprint density at radius 1 is 1.15 bits per heavy atom. The zero-order valence-corrected chi connectivity index (χ0v) is 22.9. The van der Waals surface area contributed by atoms with Crippen LogP contribution in [0.4, 0.5) is 18.9 Å². The number of aromatic nitrogens is 7. The summed E-state index contributed by atoms with van der Waals surface area (Å²) in [6.45, 7) is 4.95. The number of hydrogen-bond acceptors (Lipinski definition) is 7. The molecule has 0 aliphatic carbocycles. The van der Waals surface area contributed by atoms with Crippen LogP contribution in [0.3, 0.4) is 0 Å². The molecule has 4 rings (SSSR count). The Morgan fingerprint density at radius 2 is 1.90 bits per heavy atom. The van der Waals surface area contributed by atoms with E-state index < -0.39 is 23.8 Å². The van der Waals surface area contributed by atoms with Crippen LogP contribution in [0.15, 0.2) is 41.0 Å². The van der Waals surface area contributed by atoms with Crippen molar-refractivity contribution < 1.29 is 22.8 Å². The van der Waals surface area contributed by atoms with Gasteiger partial charge in [-0.25, -0.2) is 9.67 Å². The minimum atomic E-state index is -4.77. The number of tetrazole rings is 1. The minimum Gasteiger partial charge on any atom is -0.350 e. The smallest absolute Gasteiger partial charge is 0.350 e. The number of anilines is 1. The Kier molecular flexibility index (Phi) is 8.02. The van der Waals surface area contributed by atoms with Crippen molar-refractivity contribution in [2.45, 2.75) is 39.5 Å². The number of aryl methyl sites for hydroxylation is 1. The molecule has 39 heavy (non-hydrogen) atoms. The van der Waals surface area contributed by atoms with E-state index in [-0.39, 0.29) is 41.0 Å². The van der Waals surface area contributed by atoms with Crippen molar-refractivity contribution in [1.29, 1.82) is 0 Å². The average molecular weight is 627 g/mol. The highest BCUT2D eigenvalue weighted by Crippen LogP contribution is 2.28. The lowest BCUT2D eigenvalue weighted by Gasteiger charge is -2.16. The second-order valence-electron chi connectivity index (χ2n) is 8.61. The standard InChI is InChI=1S/C23H20BrClF3N9O2/c1-11(2)30-20(38)15-8-13(25)7-12(3)18(15)31-21(39)17-9-14(10-36-34-22(32-35-36)23(26,27)28)33-37(17)19-16(24)5-4-6-29-19/h4-9,11H,10H2,1-3H3,(H,30,38)(H,31,39). The summed E-state index contributed by atoms with van der Waals surface area (Å²) in [6, 6.07) is 7.55. The van der Waals surface area contributed by atoms with Crippen LogP contribution >= 0.6 is 27.5 Å². The van der Waals surface area contributed by atoms with E-state index >= 15 is 0 Å². The van der Waals surface area contributed by atoms with Crippen molar-refractivity contribution in [2.24, 2.45) is 0 Å². The summed E-state index contributed by atoms with van der Waals surface area (Å²) >= 11 is 9.55. The molecule has 11 nitrogen and oxygen atoms in total. The third kappa shape index (κ3) is 6.42. The van der Waals surface area contributed by atoms with Crippen molar-refractivity contribution in [3.8, 4) is 5.82 Å². The molecule has 0 fully saturated rings. The zero-order valence-electron chi connectivity index (χ0n) is 20.6. The van der Waals surface area contributed by atoms with Crippen molar-refractivity contribution in [1.82, 2.24) is 40.3 Å². The van der Waals surface area contributed by atoms with Gasteiger partial charge in [0.25, 0.3) is 17.6 Å². The molecule has 0 saturated carbocycles. The third-order valence-electron chi connectivity index (χ3n) is 5.15. The molecule has 0 radical (unpaired) electrons. The molecule has 1 aromatic carbocycles. The van der Waals surface area contributed by atoms with E-state index in [4.69, 9.17) is 11.6 Å². The van der Waals surface area contributed by atoms with E-state index in [0.29, 0.717) is 19.9 Å². The van der Waals surface area contributed by atoms with Crippen LogP contribution in [0.1, 0.15) is 51.8 Å². The van der Waals surface area contributed by atoms with Crippen LogP contribution in [-0.2, 0) is 12.7 Å². The molecule has 3 aromatic heterocycles. The van der Waals surface area contributed by atoms with Crippen LogP contribution in [0, 0.1) is 6.92 Å². The van der Waals surface area contributed by atoms with Crippen LogP contribution in [0.5, 0.6) is 0 Å². The number of hydrogen-bond donors (Lipinski definition) is 2. The van der Waals surface area contributed by atoms with Gasteiger partial charge in [-0.05, 0) is 77.8 Å². The maximum absolute atomic E-state index is 13.6. The van der Waals surface area contributed by atoms with E-state index in [1.807, 2.05) is 0 Å². The predicted octanol–water partition coefficient (Wildman–Crippen LogP) is 4.44. The number of rotatable bonds is 7. The number of carbonyl (C=O) groups excluding carboxylic acids is 2. The van der Waals surface area contributed by atoms with Gasteiger partial charge < -0.3 is 10.6 Å². The summed E-state index contributed by atoms with van der Waals surface area (Å²) in [5.74, 6) is -2.28. The number of pyridine rings is 1. The normalized spacial score (nSPS) is 11.6. The number of amides is 2. The first-order chi connectivity index (χ1) is 18.3. The summed E-state index contributed by atoms with van der Waals surface area (Å²) in [5, 5.41) is 19.9. The van der Waals surface area contributed by atoms with Crippen LogP contribution < -0.4 is 10.6 Å². The van der Waals surface area contributed by atoms with Crippen molar-refractivity contribution >= 4 is 45.0 Å². The third-order valence-corrected chi connectivity index (χ3v) is 5.98. The highest BCUT2D eigenvalue weighted by molar-refractivity contribution is 9.10. The lowest BCUT2D eigenvalue weighted by molar-refractivity contribution is -0.145. The largest absolute Gasteiger partial charge is 0.455 e. The lowest BCUT2D eigenvalue weighted by atomic mass is 10.1. The Bertz CT molecular complexity index is 1550. The van der Waals surface area contributed by atoms with E-state index in [9.17, 15) is 22.8 Å². The van der Waals surface area contributed by atoms with Crippen LogP contribution in [0.2, 0.25) is 5.02 Å². The molecule has 16 heteroatoms. The number of carbonyl (C=O) groups is 2. The highest BCUT2D eigenvalue weighted by atomic mass is 79.9. The molecular weight excluding hydrogens is 607 g/mol. The van der Waals surface area contributed by atoms with Crippen molar-refractivity contribution in [2.75, 3.05) is 5.32 Å². The van der Waals surface area contributed by atoms with Gasteiger partial charge in [-0.2, -0.15) is 23.1 Å². The Balaban J connectivity index is 1.74. The molecule has 0 unspecified atom stereocenters. The second kappa shape index (κ2) is 11.1. The Hall–Kier alpha value is -3.85. The molecule has 2 amide bonds. The van der Waals surface area contributed by atoms with Gasteiger partial charge in [0.2, 0.25) is 0 Å². The van der Waals surface area contributed by atoms with E-state index in [1.165, 1.54) is 23.0 Å². The SMILES string of the molecule is Cc1cc(Cl)cc(C(=O)NC(C)C)c1NC(=O)c1cc(Cn2nnc(C(F)(F)F)n2)nn1-c1ncccc1Br. The summed E-state index contributed by atoms with van der Waals surface area (Å²) in [4.78, 5) is 31.4. The van der Waals surface area contributed by atoms with Gasteiger partial charge in [-0.3, -0.25) is 9.59 Å². The fraction of sp³-hybridized carbons (Fsp3) is 0.261. The molecule has 0 spiro atoms. The molecular formula is C23H20BrClF3N9O2. The van der Waals surface area contributed by atoms with Crippen LogP contribution in [-0.4, -0.2) is 52.8 Å². The fourth-order valence-electron chi connectivity index (χ4n) is 3.54. The number of nitrogens with zero attached hydrogens (tertiary/aromatic N) is 7. The average Bonchev–Trinajstić information content (AvgIpc) is 3.48. The minimum absolute atomic E-state index is 0.0230. The zero-order chi connectivity index (χ0) is 28.5. The first-order valence-electron chi connectivity index (χ1n) is 11.3. The van der Waals surface area contributed by atoms with Gasteiger partial charge in [0.05, 0.1) is 21.4 Å². The van der Waals surface area contributed by atoms with Gasteiger partial charge in [0, 0.05) is 17.3 Å². The molecule has 0 saturated heterocycles. The van der Waals surface area contributed by atoms with Crippen LogP contribution in [0.25, 0.3) is 5.82 Å². The number of alkyl halides is 3. The maximum atomic E-state index is 13.6. The van der Waals surface area contributed by atoms with Crippen molar-refractivity contribution in [3.63, 3.8) is 0 Å². The van der Waals surface area contributed by atoms with Crippen molar-refractivity contribution in [3.05, 3.63) is 74.4 Å². The lowest BCUT2D eigenvalue weighted by Crippen LogP contribution is -2.31. The first-order valence-corrected chi connectivity index (χ1v) is 12.5. The van der Waals surface area contributed by atoms with Gasteiger partial charge in [0.15, 0.2) is 5.82 Å². The van der Waals surface area contributed by atoms with E-state index in [0.717, 1.165) is 0 Å². The predicted molar refractivity (Wildman–Crippen MR) is 138 cm³/mol. The monoisotopic (exact) mass is 625 g/mol. The van der Waals surface area contributed by atoms with Gasteiger partial charge in [0.1, 0.15) is 12.2 Å². The molecule has 0 aliphatic heterocycles. The quantitative estimate of drug-likeness (QED) is 0.310. The summed E-state index contributed by atoms with van der Waals surface area (Å²) in [7, 11) is 0. The molecule has 204 valence electrons. The summed E-state index contributed by atoms with van der Waals surface area (Å²) < 4.78 is 40.4. The topological polar surface area (TPSA) is 133 Å². The van der Waals surface area contributed by atoms with E-state index in [2.05, 4.69) is 52.1 Å². The molecule has 0 atom stereocenters. The second-order valence-corrected chi connectivity index (χ2v) is 9.90. The Morgan fingerprint density at radius 3 is 2.54 bits per heavy atom. The molecule has 0 aliphatic rings. The fourth-order valence-corrected chi connectivity index (χ4v) is 4.23.